The average molecular weight is 409 g/mol. The molecule has 7 heteroatoms. The van der Waals surface area contributed by atoms with Gasteiger partial charge in [0.1, 0.15) is 17.2 Å². The first-order chi connectivity index (χ1) is 14.1. The van der Waals surface area contributed by atoms with E-state index in [1.165, 1.54) is 17.4 Å². The molecule has 0 bridgehead atoms. The number of rotatable bonds is 7. The number of amides is 1. The fraction of sp³-hybridized carbons (Fsp3) is 0.0909. The lowest BCUT2D eigenvalue weighted by Gasteiger charge is -2.06. The minimum atomic E-state index is -0.526. The van der Waals surface area contributed by atoms with E-state index in [0.717, 1.165) is 5.56 Å². The van der Waals surface area contributed by atoms with Crippen molar-refractivity contribution in [3.63, 3.8) is 0 Å². The van der Waals surface area contributed by atoms with Gasteiger partial charge in [0.05, 0.1) is 19.1 Å². The fourth-order valence-electron chi connectivity index (χ4n) is 2.45. The Balaban J connectivity index is 1.59. The number of thiophene rings is 1. The summed E-state index contributed by atoms with van der Waals surface area (Å²) in [5.41, 5.74) is 1.35. The molecule has 1 heterocycles. The highest BCUT2D eigenvalue weighted by Crippen LogP contribution is 2.23. The van der Waals surface area contributed by atoms with Crippen LogP contribution in [0.2, 0.25) is 0 Å². The number of nitrogens with one attached hydrogen (secondary N) is 1. The number of hydrogen-bond acceptors (Lipinski definition) is 6. The second kappa shape index (κ2) is 9.57. The first-order valence-electron chi connectivity index (χ1n) is 8.65. The van der Waals surface area contributed by atoms with E-state index in [1.807, 2.05) is 11.4 Å². The zero-order chi connectivity index (χ0) is 20.6. The number of anilines is 1. The maximum Gasteiger partial charge on any atom is 0.336 e. The molecule has 0 aliphatic carbocycles. The van der Waals surface area contributed by atoms with Crippen LogP contribution in [0.15, 0.2) is 66.1 Å². The molecule has 0 fully saturated rings. The van der Waals surface area contributed by atoms with Gasteiger partial charge in [-0.05, 0) is 59.5 Å². The molecular weight excluding hydrogens is 390 g/mol. The van der Waals surface area contributed by atoms with Crippen LogP contribution in [0.1, 0.15) is 15.2 Å². The van der Waals surface area contributed by atoms with E-state index in [4.69, 9.17) is 14.2 Å². The van der Waals surface area contributed by atoms with Crippen LogP contribution in [-0.4, -0.2) is 26.1 Å². The summed E-state index contributed by atoms with van der Waals surface area (Å²) in [7, 11) is 3.12. The molecule has 148 valence electrons. The first kappa shape index (κ1) is 20.2. The standard InChI is InChI=1S/C22H19NO5S/c1-26-18-12-15(13-19(14-18)27-2)5-10-21(24)28-17-8-6-16(7-9-17)23-22(25)20-4-3-11-29-20/h3-14H,1-2H3,(H,23,25)/b10-5+. The summed E-state index contributed by atoms with van der Waals surface area (Å²) in [6.07, 6.45) is 2.93. The van der Waals surface area contributed by atoms with Crippen LogP contribution in [-0.2, 0) is 4.79 Å². The monoisotopic (exact) mass is 409 g/mol. The third-order valence-corrected chi connectivity index (χ3v) is 4.73. The van der Waals surface area contributed by atoms with Crippen LogP contribution >= 0.6 is 11.3 Å². The molecule has 0 atom stereocenters. The lowest BCUT2D eigenvalue weighted by Crippen LogP contribution is -2.10. The number of carbonyl (C=O) groups excluding carboxylic acids is 2. The summed E-state index contributed by atoms with van der Waals surface area (Å²) in [4.78, 5) is 24.7. The Morgan fingerprint density at radius 3 is 2.21 bits per heavy atom. The molecule has 0 saturated heterocycles. The van der Waals surface area contributed by atoms with Crippen LogP contribution in [0.4, 0.5) is 5.69 Å². The largest absolute Gasteiger partial charge is 0.497 e. The highest BCUT2D eigenvalue weighted by molar-refractivity contribution is 7.12. The smallest absolute Gasteiger partial charge is 0.336 e. The van der Waals surface area contributed by atoms with Crippen LogP contribution in [0.25, 0.3) is 6.08 Å². The topological polar surface area (TPSA) is 73.9 Å². The van der Waals surface area contributed by atoms with E-state index in [-0.39, 0.29) is 5.91 Å². The van der Waals surface area contributed by atoms with Crippen molar-refractivity contribution in [1.29, 1.82) is 0 Å². The maximum absolute atomic E-state index is 12.1. The van der Waals surface area contributed by atoms with Gasteiger partial charge in [0.15, 0.2) is 0 Å². The summed E-state index contributed by atoms with van der Waals surface area (Å²) >= 11 is 1.37. The molecule has 2 aromatic carbocycles. The number of esters is 1. The highest BCUT2D eigenvalue weighted by Gasteiger charge is 2.07. The molecule has 1 aromatic heterocycles. The third-order valence-electron chi connectivity index (χ3n) is 3.86. The van der Waals surface area contributed by atoms with Crippen molar-refractivity contribution >= 4 is 35.0 Å². The Morgan fingerprint density at radius 2 is 1.62 bits per heavy atom. The summed E-state index contributed by atoms with van der Waals surface area (Å²) in [5.74, 6) is 0.913. The Hall–Kier alpha value is -3.58. The molecule has 0 unspecified atom stereocenters. The quantitative estimate of drug-likeness (QED) is 0.350. The molecular formula is C22H19NO5S. The van der Waals surface area contributed by atoms with Gasteiger partial charge < -0.3 is 19.5 Å². The van der Waals surface area contributed by atoms with E-state index in [1.54, 1.807) is 68.8 Å². The van der Waals surface area contributed by atoms with Gasteiger partial charge in [-0.3, -0.25) is 4.79 Å². The number of ether oxygens (including phenoxy) is 3. The minimum absolute atomic E-state index is 0.179. The fourth-order valence-corrected chi connectivity index (χ4v) is 3.07. The summed E-state index contributed by atoms with van der Waals surface area (Å²) in [6.45, 7) is 0. The molecule has 0 spiro atoms. The maximum atomic E-state index is 12.1. The molecule has 0 saturated carbocycles. The van der Waals surface area contributed by atoms with Gasteiger partial charge in [0, 0.05) is 17.8 Å². The van der Waals surface area contributed by atoms with Gasteiger partial charge in [0.2, 0.25) is 0 Å². The lowest BCUT2D eigenvalue weighted by molar-refractivity contribution is -0.128. The summed E-state index contributed by atoms with van der Waals surface area (Å²) in [6, 6.07) is 15.4. The Labute approximate surface area is 172 Å². The van der Waals surface area contributed by atoms with Crippen LogP contribution < -0.4 is 19.5 Å². The van der Waals surface area contributed by atoms with E-state index in [2.05, 4.69) is 5.32 Å². The van der Waals surface area contributed by atoms with E-state index < -0.39 is 5.97 Å². The van der Waals surface area contributed by atoms with Crippen molar-refractivity contribution in [3.8, 4) is 17.2 Å². The molecule has 3 aromatic rings. The SMILES string of the molecule is COc1cc(/C=C/C(=O)Oc2ccc(NC(=O)c3cccs3)cc2)cc(OC)c1. The van der Waals surface area contributed by atoms with Crippen LogP contribution in [0.5, 0.6) is 17.2 Å². The zero-order valence-corrected chi connectivity index (χ0v) is 16.7. The van der Waals surface area contributed by atoms with E-state index in [0.29, 0.717) is 27.8 Å². The van der Waals surface area contributed by atoms with Crippen LogP contribution in [0, 0.1) is 0 Å². The van der Waals surface area contributed by atoms with Gasteiger partial charge in [-0.15, -0.1) is 11.3 Å². The van der Waals surface area contributed by atoms with Gasteiger partial charge >= 0.3 is 5.97 Å². The van der Waals surface area contributed by atoms with Crippen molar-refractivity contribution in [3.05, 3.63) is 76.5 Å². The zero-order valence-electron chi connectivity index (χ0n) is 15.9. The minimum Gasteiger partial charge on any atom is -0.497 e. The summed E-state index contributed by atoms with van der Waals surface area (Å²) < 4.78 is 15.7. The average Bonchev–Trinajstić information content (AvgIpc) is 3.28. The summed E-state index contributed by atoms with van der Waals surface area (Å²) in [5, 5.41) is 4.63. The molecule has 0 aliphatic heterocycles. The normalized spacial score (nSPS) is 10.6. The van der Waals surface area contributed by atoms with Gasteiger partial charge in [0.25, 0.3) is 5.91 Å². The predicted octanol–water partition coefficient (Wildman–Crippen LogP) is 4.64. The third kappa shape index (κ3) is 5.70. The number of benzene rings is 2. The predicted molar refractivity (Wildman–Crippen MR) is 113 cm³/mol. The van der Waals surface area contributed by atoms with Crippen molar-refractivity contribution in [2.45, 2.75) is 0 Å². The Bertz CT molecular complexity index is 988. The molecule has 3 rings (SSSR count). The van der Waals surface area contributed by atoms with Gasteiger partial charge in [-0.1, -0.05) is 6.07 Å². The second-order valence-electron chi connectivity index (χ2n) is 5.86. The molecule has 1 amide bonds. The molecule has 1 N–H and O–H groups in total. The molecule has 29 heavy (non-hydrogen) atoms. The first-order valence-corrected chi connectivity index (χ1v) is 9.53. The second-order valence-corrected chi connectivity index (χ2v) is 6.80. The molecule has 0 aliphatic rings. The molecule has 6 nitrogen and oxygen atoms in total. The number of carbonyl (C=O) groups is 2. The van der Waals surface area contributed by atoms with Crippen molar-refractivity contribution in [1.82, 2.24) is 0 Å². The van der Waals surface area contributed by atoms with E-state index in [9.17, 15) is 9.59 Å². The van der Waals surface area contributed by atoms with Crippen molar-refractivity contribution < 1.29 is 23.8 Å². The highest BCUT2D eigenvalue weighted by atomic mass is 32.1. The van der Waals surface area contributed by atoms with Crippen LogP contribution in [0.3, 0.4) is 0 Å². The Kier molecular flexibility index (Phi) is 6.65. The van der Waals surface area contributed by atoms with Gasteiger partial charge in [-0.25, -0.2) is 4.79 Å². The van der Waals surface area contributed by atoms with Gasteiger partial charge in [-0.2, -0.15) is 0 Å². The van der Waals surface area contributed by atoms with Crippen molar-refractivity contribution in [2.75, 3.05) is 19.5 Å². The number of methoxy groups -OCH3 is 2. The number of hydrogen-bond donors (Lipinski definition) is 1. The Morgan fingerprint density at radius 1 is 0.931 bits per heavy atom. The molecule has 0 radical (unpaired) electrons. The van der Waals surface area contributed by atoms with Crippen molar-refractivity contribution in [2.24, 2.45) is 0 Å². The van der Waals surface area contributed by atoms with E-state index >= 15 is 0 Å². The lowest BCUT2D eigenvalue weighted by atomic mass is 10.2.